The number of benzene rings is 1. The number of hydrogen-bond donors (Lipinski definition) is 2. The van der Waals surface area contributed by atoms with Gasteiger partial charge in [-0.15, -0.1) is 0 Å². The van der Waals surface area contributed by atoms with Crippen molar-refractivity contribution in [2.75, 3.05) is 25.0 Å². The number of fused-ring (bicyclic) bond motifs is 1. The number of hydrogen-bond acceptors (Lipinski definition) is 2. The van der Waals surface area contributed by atoms with Crippen LogP contribution in [0.15, 0.2) is 18.2 Å². The predicted octanol–water partition coefficient (Wildman–Crippen LogP) is 2.41. The molecule has 1 aromatic carbocycles. The molecule has 1 heterocycles. The van der Waals surface area contributed by atoms with Crippen molar-refractivity contribution in [1.29, 1.82) is 0 Å². The fraction of sp³-hybridized carbons (Fsp3) is 0.562. The lowest BCUT2D eigenvalue weighted by atomic mass is 9.98. The van der Waals surface area contributed by atoms with E-state index in [1.807, 2.05) is 11.0 Å². The molecule has 1 saturated heterocycles. The second-order valence-corrected chi connectivity index (χ2v) is 5.88. The molecule has 108 valence electrons. The van der Waals surface area contributed by atoms with E-state index in [0.717, 1.165) is 44.5 Å². The Hall–Kier alpha value is -1.55. The number of anilines is 1. The number of aryl methyl sites for hydroxylation is 2. The molecule has 0 aromatic heterocycles. The molecule has 0 atom stereocenters. The first-order chi connectivity index (χ1) is 9.76. The Kier molecular flexibility index (Phi) is 3.92. The summed E-state index contributed by atoms with van der Waals surface area (Å²) in [7, 11) is 0. The summed E-state index contributed by atoms with van der Waals surface area (Å²) in [5, 5.41) is 12.1. The molecular formula is C16H22N2O2. The van der Waals surface area contributed by atoms with E-state index in [9.17, 15) is 4.79 Å². The summed E-state index contributed by atoms with van der Waals surface area (Å²) in [6.45, 7) is 1.71. The standard InChI is InChI=1S/C16H22N2O2/c19-11-12-6-8-18(9-7-12)16(20)17-15-5-4-13-2-1-3-14(13)10-15/h4-5,10,12,19H,1-3,6-9,11H2,(H,17,20). The number of nitrogens with zero attached hydrogens (tertiary/aromatic N) is 1. The topological polar surface area (TPSA) is 52.6 Å². The van der Waals surface area contributed by atoms with Crippen molar-refractivity contribution >= 4 is 11.7 Å². The van der Waals surface area contributed by atoms with Gasteiger partial charge in [0.15, 0.2) is 0 Å². The maximum Gasteiger partial charge on any atom is 0.321 e. The zero-order valence-corrected chi connectivity index (χ0v) is 11.8. The molecule has 20 heavy (non-hydrogen) atoms. The summed E-state index contributed by atoms with van der Waals surface area (Å²) in [4.78, 5) is 14.1. The highest BCUT2D eigenvalue weighted by Gasteiger charge is 2.22. The first-order valence-corrected chi connectivity index (χ1v) is 7.55. The second-order valence-electron chi connectivity index (χ2n) is 5.88. The maximum atomic E-state index is 12.2. The Bertz CT molecular complexity index is 493. The van der Waals surface area contributed by atoms with E-state index in [4.69, 9.17) is 5.11 Å². The quantitative estimate of drug-likeness (QED) is 0.870. The number of piperidine rings is 1. The highest BCUT2D eigenvalue weighted by Crippen LogP contribution is 2.25. The van der Waals surface area contributed by atoms with Gasteiger partial charge in [0.1, 0.15) is 0 Å². The van der Waals surface area contributed by atoms with Crippen LogP contribution in [0.5, 0.6) is 0 Å². The fourth-order valence-corrected chi connectivity index (χ4v) is 3.17. The van der Waals surface area contributed by atoms with Crippen LogP contribution in [0.2, 0.25) is 0 Å². The van der Waals surface area contributed by atoms with Gasteiger partial charge in [-0.25, -0.2) is 4.79 Å². The number of carbonyl (C=O) groups excluding carboxylic acids is 1. The normalized spacial score (nSPS) is 18.9. The van der Waals surface area contributed by atoms with E-state index < -0.39 is 0 Å². The minimum atomic E-state index is -0.0145. The van der Waals surface area contributed by atoms with Crippen LogP contribution in [0, 0.1) is 5.92 Å². The van der Waals surface area contributed by atoms with E-state index >= 15 is 0 Å². The van der Waals surface area contributed by atoms with Crippen molar-refractivity contribution in [1.82, 2.24) is 4.90 Å². The van der Waals surface area contributed by atoms with Crippen LogP contribution in [0.25, 0.3) is 0 Å². The van der Waals surface area contributed by atoms with E-state index in [1.54, 1.807) is 0 Å². The molecule has 0 spiro atoms. The van der Waals surface area contributed by atoms with Crippen molar-refractivity contribution in [2.45, 2.75) is 32.1 Å². The van der Waals surface area contributed by atoms with Crippen molar-refractivity contribution in [3.8, 4) is 0 Å². The Labute approximate surface area is 119 Å². The monoisotopic (exact) mass is 274 g/mol. The van der Waals surface area contributed by atoms with E-state index in [-0.39, 0.29) is 12.6 Å². The first kappa shape index (κ1) is 13.4. The summed E-state index contributed by atoms with van der Waals surface area (Å²) in [6, 6.07) is 6.23. The van der Waals surface area contributed by atoms with Crippen molar-refractivity contribution in [2.24, 2.45) is 5.92 Å². The number of rotatable bonds is 2. The highest BCUT2D eigenvalue weighted by atomic mass is 16.3. The van der Waals surface area contributed by atoms with Gasteiger partial charge in [-0.1, -0.05) is 6.07 Å². The number of nitrogens with one attached hydrogen (secondary N) is 1. The fourth-order valence-electron chi connectivity index (χ4n) is 3.17. The number of amides is 2. The molecule has 4 nitrogen and oxygen atoms in total. The van der Waals surface area contributed by atoms with Crippen LogP contribution in [0.3, 0.4) is 0 Å². The van der Waals surface area contributed by atoms with E-state index in [0.29, 0.717) is 5.92 Å². The van der Waals surface area contributed by atoms with Gasteiger partial charge in [0.25, 0.3) is 0 Å². The van der Waals surface area contributed by atoms with Crippen LogP contribution in [-0.4, -0.2) is 35.7 Å². The van der Waals surface area contributed by atoms with Gasteiger partial charge in [0, 0.05) is 25.4 Å². The number of urea groups is 1. The van der Waals surface area contributed by atoms with Crippen molar-refractivity contribution in [3.05, 3.63) is 29.3 Å². The van der Waals surface area contributed by atoms with Crippen molar-refractivity contribution < 1.29 is 9.90 Å². The molecule has 0 bridgehead atoms. The third-order valence-corrected chi connectivity index (χ3v) is 4.51. The zero-order valence-electron chi connectivity index (χ0n) is 11.8. The van der Waals surface area contributed by atoms with Crippen LogP contribution in [0.1, 0.15) is 30.4 Å². The van der Waals surface area contributed by atoms with Gasteiger partial charge < -0.3 is 15.3 Å². The Morgan fingerprint density at radius 3 is 2.75 bits per heavy atom. The van der Waals surface area contributed by atoms with E-state index in [1.165, 1.54) is 17.5 Å². The lowest BCUT2D eigenvalue weighted by Crippen LogP contribution is -2.41. The van der Waals surface area contributed by atoms with Gasteiger partial charge in [0.2, 0.25) is 0 Å². The van der Waals surface area contributed by atoms with Crippen LogP contribution < -0.4 is 5.32 Å². The lowest BCUT2D eigenvalue weighted by molar-refractivity contribution is 0.143. The van der Waals surface area contributed by atoms with Gasteiger partial charge in [-0.2, -0.15) is 0 Å². The predicted molar refractivity (Wildman–Crippen MR) is 78.9 cm³/mol. The molecule has 1 aliphatic heterocycles. The van der Waals surface area contributed by atoms with Crippen molar-refractivity contribution in [3.63, 3.8) is 0 Å². The average Bonchev–Trinajstić information content (AvgIpc) is 2.95. The lowest BCUT2D eigenvalue weighted by Gasteiger charge is -2.31. The average molecular weight is 274 g/mol. The third-order valence-electron chi connectivity index (χ3n) is 4.51. The molecule has 0 unspecified atom stereocenters. The minimum absolute atomic E-state index is 0.0145. The van der Waals surface area contributed by atoms with Crippen LogP contribution >= 0.6 is 0 Å². The molecule has 0 saturated carbocycles. The Morgan fingerprint density at radius 2 is 2.00 bits per heavy atom. The van der Waals surface area contributed by atoms with Crippen LogP contribution in [-0.2, 0) is 12.8 Å². The molecule has 1 fully saturated rings. The van der Waals surface area contributed by atoms with Gasteiger partial charge >= 0.3 is 6.03 Å². The van der Waals surface area contributed by atoms with Gasteiger partial charge in [-0.3, -0.25) is 0 Å². The zero-order chi connectivity index (χ0) is 13.9. The molecule has 2 N–H and O–H groups in total. The van der Waals surface area contributed by atoms with Gasteiger partial charge in [-0.05, 0) is 61.3 Å². The summed E-state index contributed by atoms with van der Waals surface area (Å²) in [5.41, 5.74) is 3.70. The summed E-state index contributed by atoms with van der Waals surface area (Å²) in [6.07, 6.45) is 5.31. The maximum absolute atomic E-state index is 12.2. The summed E-state index contributed by atoms with van der Waals surface area (Å²) >= 11 is 0. The minimum Gasteiger partial charge on any atom is -0.396 e. The number of aliphatic hydroxyl groups excluding tert-OH is 1. The van der Waals surface area contributed by atoms with E-state index in [2.05, 4.69) is 17.4 Å². The summed E-state index contributed by atoms with van der Waals surface area (Å²) in [5.74, 6) is 0.360. The molecule has 1 aromatic rings. The summed E-state index contributed by atoms with van der Waals surface area (Å²) < 4.78 is 0. The molecule has 0 radical (unpaired) electrons. The molecule has 1 aliphatic carbocycles. The number of carbonyl (C=O) groups is 1. The second kappa shape index (κ2) is 5.83. The smallest absolute Gasteiger partial charge is 0.321 e. The molecule has 3 rings (SSSR count). The Morgan fingerprint density at radius 1 is 1.25 bits per heavy atom. The molecular weight excluding hydrogens is 252 g/mol. The highest BCUT2D eigenvalue weighted by molar-refractivity contribution is 5.89. The third kappa shape index (κ3) is 2.80. The van der Waals surface area contributed by atoms with Crippen LogP contribution in [0.4, 0.5) is 10.5 Å². The Balaban J connectivity index is 1.59. The number of likely N-dealkylation sites (tertiary alicyclic amines) is 1. The SMILES string of the molecule is O=C(Nc1ccc2c(c1)CCC2)N1CCC(CO)CC1. The van der Waals surface area contributed by atoms with Gasteiger partial charge in [0.05, 0.1) is 0 Å². The first-order valence-electron chi connectivity index (χ1n) is 7.55. The number of aliphatic hydroxyl groups is 1. The molecule has 2 aliphatic rings. The molecule has 2 amide bonds. The largest absolute Gasteiger partial charge is 0.396 e. The molecule has 4 heteroatoms.